The van der Waals surface area contributed by atoms with Gasteiger partial charge in [0.25, 0.3) is 5.91 Å². The van der Waals surface area contributed by atoms with E-state index in [-0.39, 0.29) is 12.5 Å². The van der Waals surface area contributed by atoms with Gasteiger partial charge < -0.3 is 19.0 Å². The van der Waals surface area contributed by atoms with Gasteiger partial charge in [-0.25, -0.2) is 0 Å². The molecule has 0 N–H and O–H groups in total. The SMILES string of the molecule is COC(=O)CN1CN(c2ccccc2)C2(CCN(Cc3cc4ccccc4o3)CC2)C1=O. The molecule has 0 unspecified atom stereocenters. The average Bonchev–Trinajstić information content (AvgIpc) is 3.35. The van der Waals surface area contributed by atoms with Gasteiger partial charge in [-0.05, 0) is 37.1 Å². The van der Waals surface area contributed by atoms with Crippen molar-refractivity contribution in [3.63, 3.8) is 0 Å². The van der Waals surface area contributed by atoms with Crippen molar-refractivity contribution >= 4 is 28.5 Å². The van der Waals surface area contributed by atoms with Gasteiger partial charge >= 0.3 is 5.97 Å². The van der Waals surface area contributed by atoms with Crippen molar-refractivity contribution in [3.05, 3.63) is 66.4 Å². The molecule has 166 valence electrons. The largest absolute Gasteiger partial charge is 0.468 e. The maximum atomic E-state index is 13.5. The Kier molecular flexibility index (Phi) is 5.35. The van der Waals surface area contributed by atoms with Crippen molar-refractivity contribution in [2.45, 2.75) is 24.9 Å². The summed E-state index contributed by atoms with van der Waals surface area (Å²) in [5.41, 5.74) is 1.26. The molecule has 0 radical (unpaired) electrons. The number of para-hydroxylation sites is 2. The lowest BCUT2D eigenvalue weighted by Gasteiger charge is -2.43. The Morgan fingerprint density at radius 1 is 1.06 bits per heavy atom. The molecule has 0 aliphatic carbocycles. The number of anilines is 1. The van der Waals surface area contributed by atoms with Crippen LogP contribution in [0.5, 0.6) is 0 Å². The Labute approximate surface area is 187 Å². The monoisotopic (exact) mass is 433 g/mol. The Balaban J connectivity index is 1.34. The topological polar surface area (TPSA) is 66.2 Å². The number of carbonyl (C=O) groups excluding carboxylic acids is 2. The third-order valence-electron chi connectivity index (χ3n) is 6.67. The lowest BCUT2D eigenvalue weighted by atomic mass is 9.85. The molecule has 3 aromatic rings. The zero-order chi connectivity index (χ0) is 22.1. The molecule has 1 aromatic heterocycles. The van der Waals surface area contributed by atoms with Crippen LogP contribution in [0.25, 0.3) is 11.0 Å². The standard InChI is InChI=1S/C25H27N3O4/c1-31-23(29)17-27-18-28(20-8-3-2-4-9-20)25(24(27)30)11-13-26(14-12-25)16-21-15-19-7-5-6-10-22(19)32-21/h2-10,15H,11-14,16-18H2,1H3. The minimum atomic E-state index is -0.639. The minimum Gasteiger partial charge on any atom is -0.468 e. The molecule has 7 heteroatoms. The second-order valence-electron chi connectivity index (χ2n) is 8.54. The lowest BCUT2D eigenvalue weighted by Crippen LogP contribution is -2.56. The number of amides is 1. The highest BCUT2D eigenvalue weighted by molar-refractivity contribution is 5.95. The fourth-order valence-electron chi connectivity index (χ4n) is 4.96. The van der Waals surface area contributed by atoms with E-state index in [1.807, 2.05) is 48.5 Å². The zero-order valence-corrected chi connectivity index (χ0v) is 18.2. The van der Waals surface area contributed by atoms with Crippen molar-refractivity contribution in [2.24, 2.45) is 0 Å². The Hall–Kier alpha value is -3.32. The molecule has 2 fully saturated rings. The number of fused-ring (bicyclic) bond motifs is 1. The van der Waals surface area contributed by atoms with Gasteiger partial charge in [0.1, 0.15) is 23.4 Å². The third-order valence-corrected chi connectivity index (χ3v) is 6.67. The number of nitrogens with zero attached hydrogens (tertiary/aromatic N) is 3. The fraction of sp³-hybridized carbons (Fsp3) is 0.360. The number of rotatable bonds is 5. The van der Waals surface area contributed by atoms with Crippen LogP contribution < -0.4 is 4.90 Å². The number of piperidine rings is 1. The number of esters is 1. The van der Waals surface area contributed by atoms with Crippen LogP contribution in [0.15, 0.2) is 65.1 Å². The van der Waals surface area contributed by atoms with E-state index in [1.165, 1.54) is 7.11 Å². The molecule has 0 bridgehead atoms. The van der Waals surface area contributed by atoms with Gasteiger partial charge in [0.05, 0.1) is 20.3 Å². The number of benzene rings is 2. The summed E-state index contributed by atoms with van der Waals surface area (Å²) in [6.07, 6.45) is 1.39. The van der Waals surface area contributed by atoms with Crippen molar-refractivity contribution in [1.29, 1.82) is 0 Å². The summed E-state index contributed by atoms with van der Waals surface area (Å²) < 4.78 is 10.8. The van der Waals surface area contributed by atoms with E-state index >= 15 is 0 Å². The first-order chi connectivity index (χ1) is 15.6. The number of ether oxygens (including phenoxy) is 1. The van der Waals surface area contributed by atoms with Crippen LogP contribution in [-0.2, 0) is 20.9 Å². The average molecular weight is 434 g/mol. The normalized spacial score (nSPS) is 18.6. The molecule has 5 rings (SSSR count). The molecular weight excluding hydrogens is 406 g/mol. The molecule has 7 nitrogen and oxygen atoms in total. The quantitative estimate of drug-likeness (QED) is 0.576. The summed E-state index contributed by atoms with van der Waals surface area (Å²) in [4.78, 5) is 31.6. The highest BCUT2D eigenvalue weighted by Gasteiger charge is 2.54. The van der Waals surface area contributed by atoms with Gasteiger partial charge in [0.15, 0.2) is 0 Å². The predicted molar refractivity (Wildman–Crippen MR) is 121 cm³/mol. The van der Waals surface area contributed by atoms with Crippen LogP contribution in [0.4, 0.5) is 5.69 Å². The molecule has 1 spiro atoms. The van der Waals surface area contributed by atoms with E-state index in [9.17, 15) is 9.59 Å². The van der Waals surface area contributed by atoms with E-state index in [0.29, 0.717) is 19.5 Å². The number of furan rings is 1. The summed E-state index contributed by atoms with van der Waals surface area (Å²) in [5, 5.41) is 1.11. The van der Waals surface area contributed by atoms with Gasteiger partial charge in [-0.15, -0.1) is 0 Å². The van der Waals surface area contributed by atoms with Crippen molar-refractivity contribution in [2.75, 3.05) is 38.3 Å². The van der Waals surface area contributed by atoms with Gasteiger partial charge in [-0.3, -0.25) is 14.5 Å². The molecule has 2 aliphatic heterocycles. The summed E-state index contributed by atoms with van der Waals surface area (Å²) in [6, 6.07) is 20.1. The lowest BCUT2D eigenvalue weighted by molar-refractivity contribution is -0.146. The van der Waals surface area contributed by atoms with Gasteiger partial charge in [-0.1, -0.05) is 36.4 Å². The van der Waals surface area contributed by atoms with E-state index in [0.717, 1.165) is 42.1 Å². The molecule has 1 amide bonds. The van der Waals surface area contributed by atoms with E-state index < -0.39 is 11.5 Å². The fourth-order valence-corrected chi connectivity index (χ4v) is 4.96. The molecular formula is C25H27N3O4. The van der Waals surface area contributed by atoms with Crippen LogP contribution in [0, 0.1) is 0 Å². The highest BCUT2D eigenvalue weighted by Crippen LogP contribution is 2.39. The van der Waals surface area contributed by atoms with Crippen LogP contribution in [0.2, 0.25) is 0 Å². The maximum Gasteiger partial charge on any atom is 0.325 e. The summed E-state index contributed by atoms with van der Waals surface area (Å²) in [7, 11) is 1.35. The van der Waals surface area contributed by atoms with E-state index in [1.54, 1.807) is 4.90 Å². The zero-order valence-electron chi connectivity index (χ0n) is 18.2. The van der Waals surface area contributed by atoms with Gasteiger partial charge in [0.2, 0.25) is 0 Å². The predicted octanol–water partition coefficient (Wildman–Crippen LogP) is 3.25. The first-order valence-electron chi connectivity index (χ1n) is 11.0. The van der Waals surface area contributed by atoms with Crippen LogP contribution in [0.3, 0.4) is 0 Å². The molecule has 32 heavy (non-hydrogen) atoms. The molecule has 2 saturated heterocycles. The number of methoxy groups -OCH3 is 1. The smallest absolute Gasteiger partial charge is 0.325 e. The molecule has 2 aliphatic rings. The third kappa shape index (κ3) is 3.62. The van der Waals surface area contributed by atoms with Crippen LogP contribution in [0.1, 0.15) is 18.6 Å². The van der Waals surface area contributed by atoms with Crippen molar-refractivity contribution in [3.8, 4) is 0 Å². The van der Waals surface area contributed by atoms with E-state index in [2.05, 4.69) is 21.9 Å². The molecule has 2 aromatic carbocycles. The first-order valence-corrected chi connectivity index (χ1v) is 11.0. The Bertz CT molecular complexity index is 1090. The number of carbonyl (C=O) groups is 2. The Morgan fingerprint density at radius 3 is 2.50 bits per heavy atom. The van der Waals surface area contributed by atoms with Crippen molar-refractivity contribution in [1.82, 2.24) is 9.80 Å². The first kappa shape index (κ1) is 20.6. The molecule has 0 atom stereocenters. The Morgan fingerprint density at radius 2 is 1.78 bits per heavy atom. The van der Waals surface area contributed by atoms with Gasteiger partial charge in [-0.2, -0.15) is 0 Å². The summed E-state index contributed by atoms with van der Waals surface area (Å²) in [5.74, 6) is 0.549. The minimum absolute atomic E-state index is 0.00939. The van der Waals surface area contributed by atoms with E-state index in [4.69, 9.17) is 9.15 Å². The summed E-state index contributed by atoms with van der Waals surface area (Å²) in [6.45, 7) is 2.64. The second kappa shape index (κ2) is 8.31. The summed E-state index contributed by atoms with van der Waals surface area (Å²) >= 11 is 0. The highest BCUT2D eigenvalue weighted by atomic mass is 16.5. The maximum absolute atomic E-state index is 13.5. The van der Waals surface area contributed by atoms with Gasteiger partial charge in [0, 0.05) is 24.2 Å². The van der Waals surface area contributed by atoms with Crippen LogP contribution >= 0.6 is 0 Å². The van der Waals surface area contributed by atoms with Crippen LogP contribution in [-0.4, -0.2) is 60.6 Å². The second-order valence-corrected chi connectivity index (χ2v) is 8.54. The number of likely N-dealkylation sites (tertiary alicyclic amines) is 1. The molecule has 0 saturated carbocycles. The number of hydrogen-bond acceptors (Lipinski definition) is 6. The number of hydrogen-bond donors (Lipinski definition) is 0. The van der Waals surface area contributed by atoms with Crippen molar-refractivity contribution < 1.29 is 18.7 Å². The molecule has 3 heterocycles.